The zero-order valence-corrected chi connectivity index (χ0v) is 12.2. The van der Waals surface area contributed by atoms with Crippen LogP contribution < -0.4 is 10.6 Å². The molecule has 0 bridgehead atoms. The van der Waals surface area contributed by atoms with Crippen molar-refractivity contribution in [2.24, 2.45) is 0 Å². The highest BCUT2D eigenvalue weighted by Gasteiger charge is 2.60. The standard InChI is InChI=1S/C15H17F3N2O3/c16-11-4-2-10(3-5-11)12(21)19-8-9-20-13(22)15(17,18)14(23)6-1-7-14/h2-5,23H,1,6-9H2,(H,19,21)(H,20,22). The van der Waals surface area contributed by atoms with Crippen LogP contribution >= 0.6 is 0 Å². The molecule has 0 aliphatic heterocycles. The molecule has 5 nitrogen and oxygen atoms in total. The molecule has 0 saturated heterocycles. The van der Waals surface area contributed by atoms with E-state index in [0.29, 0.717) is 6.42 Å². The van der Waals surface area contributed by atoms with E-state index < -0.39 is 29.2 Å². The fourth-order valence-electron chi connectivity index (χ4n) is 2.20. The molecule has 23 heavy (non-hydrogen) atoms. The predicted octanol–water partition coefficient (Wildman–Crippen LogP) is 1.22. The van der Waals surface area contributed by atoms with Crippen LogP contribution in [0, 0.1) is 5.82 Å². The summed E-state index contributed by atoms with van der Waals surface area (Å²) >= 11 is 0. The van der Waals surface area contributed by atoms with Crippen LogP contribution in [-0.4, -0.2) is 41.5 Å². The number of halogens is 3. The lowest BCUT2D eigenvalue weighted by Gasteiger charge is -2.41. The second kappa shape index (κ2) is 6.57. The monoisotopic (exact) mass is 330 g/mol. The molecule has 0 radical (unpaired) electrons. The maximum atomic E-state index is 13.8. The number of carbonyl (C=O) groups is 2. The van der Waals surface area contributed by atoms with Crippen molar-refractivity contribution in [2.45, 2.75) is 30.8 Å². The molecule has 0 unspecified atom stereocenters. The number of amides is 2. The van der Waals surface area contributed by atoms with Gasteiger partial charge in [0.05, 0.1) is 0 Å². The Morgan fingerprint density at radius 2 is 1.70 bits per heavy atom. The van der Waals surface area contributed by atoms with E-state index in [0.717, 1.165) is 12.1 Å². The lowest BCUT2D eigenvalue weighted by molar-refractivity contribution is -0.215. The van der Waals surface area contributed by atoms with Crippen molar-refractivity contribution in [3.8, 4) is 0 Å². The molecule has 1 aliphatic carbocycles. The second-order valence-electron chi connectivity index (χ2n) is 5.48. The van der Waals surface area contributed by atoms with E-state index in [4.69, 9.17) is 0 Å². The van der Waals surface area contributed by atoms with E-state index in [9.17, 15) is 27.9 Å². The first-order valence-corrected chi connectivity index (χ1v) is 7.18. The van der Waals surface area contributed by atoms with Gasteiger partial charge in [0.15, 0.2) is 0 Å². The number of alkyl halides is 2. The van der Waals surface area contributed by atoms with Crippen LogP contribution in [0.2, 0.25) is 0 Å². The highest BCUT2D eigenvalue weighted by Crippen LogP contribution is 2.44. The van der Waals surface area contributed by atoms with Gasteiger partial charge >= 0.3 is 5.92 Å². The molecule has 1 aromatic rings. The van der Waals surface area contributed by atoms with Gasteiger partial charge in [0.25, 0.3) is 11.8 Å². The molecule has 1 aromatic carbocycles. The highest BCUT2D eigenvalue weighted by atomic mass is 19.3. The van der Waals surface area contributed by atoms with Crippen molar-refractivity contribution in [1.82, 2.24) is 10.6 Å². The highest BCUT2D eigenvalue weighted by molar-refractivity contribution is 5.94. The van der Waals surface area contributed by atoms with E-state index >= 15 is 0 Å². The van der Waals surface area contributed by atoms with Crippen molar-refractivity contribution in [1.29, 1.82) is 0 Å². The molecule has 1 saturated carbocycles. The Kier molecular flexibility index (Phi) is 4.93. The summed E-state index contributed by atoms with van der Waals surface area (Å²) in [6.07, 6.45) is 0.219. The van der Waals surface area contributed by atoms with Gasteiger partial charge in [-0.1, -0.05) is 0 Å². The van der Waals surface area contributed by atoms with E-state index in [1.54, 1.807) is 0 Å². The Morgan fingerprint density at radius 1 is 1.13 bits per heavy atom. The number of hydrogen-bond acceptors (Lipinski definition) is 3. The largest absolute Gasteiger partial charge is 0.383 e. The maximum absolute atomic E-state index is 13.8. The molecule has 0 atom stereocenters. The van der Waals surface area contributed by atoms with Crippen LogP contribution in [-0.2, 0) is 4.79 Å². The van der Waals surface area contributed by atoms with Crippen molar-refractivity contribution in [3.05, 3.63) is 35.6 Å². The van der Waals surface area contributed by atoms with Crippen LogP contribution in [0.5, 0.6) is 0 Å². The van der Waals surface area contributed by atoms with Gasteiger partial charge in [0, 0.05) is 18.7 Å². The summed E-state index contributed by atoms with van der Waals surface area (Å²) < 4.78 is 40.2. The zero-order chi connectivity index (χ0) is 17.1. The molecule has 0 aromatic heterocycles. The summed E-state index contributed by atoms with van der Waals surface area (Å²) in [6, 6.07) is 4.81. The first-order valence-electron chi connectivity index (χ1n) is 7.18. The number of rotatable bonds is 6. The fraction of sp³-hybridized carbons (Fsp3) is 0.467. The molecule has 0 heterocycles. The van der Waals surface area contributed by atoms with Crippen molar-refractivity contribution >= 4 is 11.8 Å². The number of hydrogen-bond donors (Lipinski definition) is 3. The first-order chi connectivity index (χ1) is 10.8. The Hall–Kier alpha value is -2.09. The smallest absolute Gasteiger partial charge is 0.352 e. The van der Waals surface area contributed by atoms with Gasteiger partial charge in [-0.15, -0.1) is 0 Å². The van der Waals surface area contributed by atoms with Crippen molar-refractivity contribution in [2.75, 3.05) is 13.1 Å². The third-order valence-electron chi connectivity index (χ3n) is 3.85. The summed E-state index contributed by atoms with van der Waals surface area (Å²) in [4.78, 5) is 23.2. The first kappa shape index (κ1) is 17.3. The Bertz CT molecular complexity index is 586. The lowest BCUT2D eigenvalue weighted by atomic mass is 9.75. The van der Waals surface area contributed by atoms with Gasteiger partial charge in [0.1, 0.15) is 11.4 Å². The van der Waals surface area contributed by atoms with Crippen LogP contribution in [0.1, 0.15) is 29.6 Å². The quantitative estimate of drug-likeness (QED) is 0.686. The Labute approximate surface area is 130 Å². The average Bonchev–Trinajstić information content (AvgIpc) is 2.49. The summed E-state index contributed by atoms with van der Waals surface area (Å²) in [6.45, 7) is -0.284. The minimum absolute atomic E-state index is 0.0730. The molecule has 8 heteroatoms. The van der Waals surface area contributed by atoms with E-state index in [2.05, 4.69) is 5.32 Å². The van der Waals surface area contributed by atoms with Gasteiger partial charge in [0.2, 0.25) is 0 Å². The molecule has 1 aliphatic rings. The van der Waals surface area contributed by atoms with Crippen LogP contribution in [0.15, 0.2) is 24.3 Å². The molecule has 2 amide bonds. The minimum atomic E-state index is -3.85. The molecular formula is C15H17F3N2O3. The minimum Gasteiger partial charge on any atom is -0.383 e. The van der Waals surface area contributed by atoms with Crippen LogP contribution in [0.25, 0.3) is 0 Å². The molecular weight excluding hydrogens is 313 g/mol. The fourth-order valence-corrected chi connectivity index (χ4v) is 2.20. The molecule has 126 valence electrons. The summed E-state index contributed by atoms with van der Waals surface area (Å²) in [5.41, 5.74) is -2.05. The molecule has 2 rings (SSSR count). The number of benzene rings is 1. The number of carbonyl (C=O) groups excluding carboxylic acids is 2. The van der Waals surface area contributed by atoms with Crippen LogP contribution in [0.3, 0.4) is 0 Å². The molecule has 0 spiro atoms. The van der Waals surface area contributed by atoms with Crippen molar-refractivity contribution < 1.29 is 27.9 Å². The molecule has 1 fully saturated rings. The summed E-state index contributed by atoms with van der Waals surface area (Å²) in [5.74, 6) is -6.41. The zero-order valence-electron chi connectivity index (χ0n) is 12.2. The summed E-state index contributed by atoms with van der Waals surface area (Å²) in [7, 11) is 0. The number of aliphatic hydroxyl groups is 1. The van der Waals surface area contributed by atoms with E-state index in [-0.39, 0.29) is 31.5 Å². The SMILES string of the molecule is O=C(NCCNC(=O)C(F)(F)C1(O)CCC1)c1ccc(F)cc1. The third kappa shape index (κ3) is 3.64. The topological polar surface area (TPSA) is 78.4 Å². The Balaban J connectivity index is 1.75. The Morgan fingerprint density at radius 3 is 2.22 bits per heavy atom. The van der Waals surface area contributed by atoms with Gasteiger partial charge in [-0.05, 0) is 43.5 Å². The van der Waals surface area contributed by atoms with Gasteiger partial charge < -0.3 is 15.7 Å². The van der Waals surface area contributed by atoms with Crippen molar-refractivity contribution in [3.63, 3.8) is 0 Å². The predicted molar refractivity (Wildman–Crippen MR) is 75.5 cm³/mol. The molecule has 3 N–H and O–H groups in total. The normalized spacial score (nSPS) is 16.3. The second-order valence-corrected chi connectivity index (χ2v) is 5.48. The lowest BCUT2D eigenvalue weighted by Crippen LogP contribution is -2.61. The van der Waals surface area contributed by atoms with Gasteiger partial charge in [-0.25, -0.2) is 4.39 Å². The maximum Gasteiger partial charge on any atom is 0.352 e. The average molecular weight is 330 g/mol. The number of nitrogens with one attached hydrogen (secondary N) is 2. The summed E-state index contributed by atoms with van der Waals surface area (Å²) in [5, 5.41) is 14.0. The van der Waals surface area contributed by atoms with Crippen LogP contribution in [0.4, 0.5) is 13.2 Å². The van der Waals surface area contributed by atoms with E-state index in [1.807, 2.05) is 5.32 Å². The third-order valence-corrected chi connectivity index (χ3v) is 3.85. The van der Waals surface area contributed by atoms with E-state index in [1.165, 1.54) is 12.1 Å². The van der Waals surface area contributed by atoms with Gasteiger partial charge in [-0.2, -0.15) is 8.78 Å². The van der Waals surface area contributed by atoms with Gasteiger partial charge in [-0.3, -0.25) is 9.59 Å².